The van der Waals surface area contributed by atoms with E-state index >= 15 is 0 Å². The van der Waals surface area contributed by atoms with Crippen molar-refractivity contribution in [2.75, 3.05) is 0 Å². The van der Waals surface area contributed by atoms with Crippen molar-refractivity contribution in [3.8, 4) is 0 Å². The summed E-state index contributed by atoms with van der Waals surface area (Å²) in [6.07, 6.45) is -5.47. The van der Waals surface area contributed by atoms with Gasteiger partial charge in [0.05, 0.1) is 5.16 Å². The molecular weight excluding hydrogens is 368 g/mol. The highest BCUT2D eigenvalue weighted by Crippen LogP contribution is 2.41. The van der Waals surface area contributed by atoms with Crippen LogP contribution in [0.5, 0.6) is 0 Å². The van der Waals surface area contributed by atoms with Crippen LogP contribution in [-0.4, -0.2) is 79.4 Å². The number of ketones is 3. The smallest absolute Gasteiger partial charge is 0.217 e. The average Bonchev–Trinajstić information content (AvgIpc) is 2.52. The number of Topliss-reactive ketones (excluding diaryl/α,β-unsaturated/α-hetero) is 3. The Morgan fingerprint density at radius 3 is 2.00 bits per heavy atom. The van der Waals surface area contributed by atoms with E-state index in [1.807, 2.05) is 5.16 Å². The number of hydrogen-bond acceptors (Lipinski definition) is 10. The van der Waals surface area contributed by atoms with Gasteiger partial charge in [0.15, 0.2) is 40.9 Å². The molecule has 11 heteroatoms. The first kappa shape index (κ1) is 22.2. The van der Waals surface area contributed by atoms with E-state index in [-0.39, 0.29) is 0 Å². The van der Waals surface area contributed by atoms with E-state index in [0.29, 0.717) is 0 Å². The maximum Gasteiger partial charge on any atom is 0.217 e. The van der Waals surface area contributed by atoms with Gasteiger partial charge in [-0.1, -0.05) is 0 Å². The number of nitrogens with one attached hydrogen (secondary N) is 1. The number of aliphatic imine (C=N–C) groups is 1. The molecule has 1 unspecified atom stereocenters. The van der Waals surface area contributed by atoms with Crippen LogP contribution in [0.1, 0.15) is 27.7 Å². The summed E-state index contributed by atoms with van der Waals surface area (Å²) in [5.41, 5.74) is -6.08. The molecular formula is C15H20N2O8S. The van der Waals surface area contributed by atoms with Crippen LogP contribution >= 0.6 is 12.2 Å². The van der Waals surface area contributed by atoms with Gasteiger partial charge < -0.3 is 25.4 Å². The van der Waals surface area contributed by atoms with Crippen molar-refractivity contribution in [1.82, 2.24) is 5.32 Å². The molecule has 1 aliphatic rings. The van der Waals surface area contributed by atoms with Crippen LogP contribution in [0.4, 0.5) is 0 Å². The largest absolute Gasteiger partial charge is 0.386 e. The van der Waals surface area contributed by atoms with Crippen molar-refractivity contribution in [2.24, 2.45) is 4.99 Å². The number of ether oxygens (including phenoxy) is 1. The molecule has 1 saturated heterocycles. The Labute approximate surface area is 154 Å². The molecule has 1 amide bonds. The number of carbonyl (C=O) groups excluding carboxylic acids is 4. The van der Waals surface area contributed by atoms with Crippen LogP contribution in [0, 0.1) is 0 Å². The molecule has 0 radical (unpaired) electrons. The fourth-order valence-electron chi connectivity index (χ4n) is 2.94. The van der Waals surface area contributed by atoms with Gasteiger partial charge in [-0.3, -0.25) is 19.2 Å². The Bertz CT molecular complexity index is 689. The van der Waals surface area contributed by atoms with Gasteiger partial charge >= 0.3 is 0 Å². The summed E-state index contributed by atoms with van der Waals surface area (Å²) in [5, 5.41) is 35.7. The standard InChI is InChI=1S/C15H20N2O8S/c1-6(18)10(22)12-15(24,8(3)20)14(23,7(2)19)11(17-9(4)21)13(25-12)16-5-26/h6,11-13,18,23-24H,1-4H3,(H,17,21)/t6?,11-,12-,13-,14-,15-/m1/s1. The molecule has 6 atom stereocenters. The molecule has 0 bridgehead atoms. The highest BCUT2D eigenvalue weighted by atomic mass is 32.1. The van der Waals surface area contributed by atoms with Gasteiger partial charge in [0.1, 0.15) is 12.1 Å². The molecule has 0 saturated carbocycles. The number of aliphatic hydroxyl groups excluding tert-OH is 1. The zero-order chi connectivity index (χ0) is 20.4. The third-order valence-electron chi connectivity index (χ3n) is 4.25. The van der Waals surface area contributed by atoms with Crippen molar-refractivity contribution in [3.05, 3.63) is 0 Å². The lowest BCUT2D eigenvalue weighted by atomic mass is 9.66. The minimum Gasteiger partial charge on any atom is -0.386 e. The van der Waals surface area contributed by atoms with E-state index in [1.165, 1.54) is 0 Å². The summed E-state index contributed by atoms with van der Waals surface area (Å²) < 4.78 is 5.28. The van der Waals surface area contributed by atoms with E-state index in [2.05, 4.69) is 22.5 Å². The fourth-order valence-corrected chi connectivity index (χ4v) is 3.05. The lowest BCUT2D eigenvalue weighted by molar-refractivity contribution is -0.259. The van der Waals surface area contributed by atoms with Gasteiger partial charge in [-0.05, 0) is 33.0 Å². The minimum absolute atomic E-state index is 0.742. The van der Waals surface area contributed by atoms with Crippen molar-refractivity contribution in [3.63, 3.8) is 0 Å². The van der Waals surface area contributed by atoms with Crippen LogP contribution in [0.15, 0.2) is 4.99 Å². The van der Waals surface area contributed by atoms with Gasteiger partial charge in [0, 0.05) is 6.92 Å². The predicted molar refractivity (Wildman–Crippen MR) is 89.2 cm³/mol. The second-order valence-electron chi connectivity index (χ2n) is 6.03. The summed E-state index contributed by atoms with van der Waals surface area (Å²) in [7, 11) is 0. The van der Waals surface area contributed by atoms with Gasteiger partial charge in [0.25, 0.3) is 0 Å². The Kier molecular flexibility index (Phi) is 6.64. The van der Waals surface area contributed by atoms with E-state index in [0.717, 1.165) is 27.7 Å². The lowest BCUT2D eigenvalue weighted by Gasteiger charge is -2.53. The van der Waals surface area contributed by atoms with Gasteiger partial charge in [-0.15, -0.1) is 0 Å². The summed E-state index contributed by atoms with van der Waals surface area (Å²) in [6, 6.07) is -1.75. The van der Waals surface area contributed by atoms with Crippen LogP contribution in [0.2, 0.25) is 0 Å². The quantitative estimate of drug-likeness (QED) is 0.295. The molecule has 0 aliphatic carbocycles. The Morgan fingerprint density at radius 1 is 1.15 bits per heavy atom. The van der Waals surface area contributed by atoms with Crippen molar-refractivity contribution >= 4 is 40.6 Å². The lowest BCUT2D eigenvalue weighted by Crippen LogP contribution is -2.82. The zero-order valence-corrected chi connectivity index (χ0v) is 15.4. The number of nitrogens with zero attached hydrogens (tertiary/aromatic N) is 1. The monoisotopic (exact) mass is 388 g/mol. The third-order valence-corrected chi connectivity index (χ3v) is 4.36. The van der Waals surface area contributed by atoms with Crippen LogP contribution in [0.25, 0.3) is 0 Å². The number of aliphatic hydroxyl groups is 3. The van der Waals surface area contributed by atoms with Crippen LogP contribution < -0.4 is 5.32 Å². The van der Waals surface area contributed by atoms with Gasteiger partial charge in [-0.2, -0.15) is 4.99 Å². The predicted octanol–water partition coefficient (Wildman–Crippen LogP) is -2.09. The Balaban J connectivity index is 3.80. The molecule has 144 valence electrons. The maximum absolute atomic E-state index is 12.3. The highest BCUT2D eigenvalue weighted by Gasteiger charge is 2.72. The Morgan fingerprint density at radius 2 is 1.65 bits per heavy atom. The van der Waals surface area contributed by atoms with E-state index in [4.69, 9.17) is 4.74 Å². The molecule has 1 aliphatic heterocycles. The second-order valence-corrected chi connectivity index (χ2v) is 6.21. The number of rotatable bonds is 6. The fraction of sp³-hybridized carbons (Fsp3) is 0.667. The molecule has 0 aromatic rings. The summed E-state index contributed by atoms with van der Waals surface area (Å²) in [6.45, 7) is 3.79. The first-order valence-corrected chi connectivity index (χ1v) is 7.94. The topological polar surface area (TPSA) is 163 Å². The molecule has 1 rings (SSSR count). The molecule has 26 heavy (non-hydrogen) atoms. The summed E-state index contributed by atoms with van der Waals surface area (Å²) in [5.74, 6) is -4.23. The highest BCUT2D eigenvalue weighted by molar-refractivity contribution is 7.78. The second kappa shape index (κ2) is 7.78. The van der Waals surface area contributed by atoms with Gasteiger partial charge in [0.2, 0.25) is 5.91 Å². The minimum atomic E-state index is -3.09. The van der Waals surface area contributed by atoms with Crippen LogP contribution in [0.3, 0.4) is 0 Å². The molecule has 10 nitrogen and oxygen atoms in total. The van der Waals surface area contributed by atoms with E-state index in [1.54, 1.807) is 0 Å². The maximum atomic E-state index is 12.3. The molecule has 4 N–H and O–H groups in total. The van der Waals surface area contributed by atoms with Crippen molar-refractivity contribution in [1.29, 1.82) is 0 Å². The first-order chi connectivity index (χ1) is 11.8. The average molecular weight is 388 g/mol. The van der Waals surface area contributed by atoms with Gasteiger partial charge in [-0.25, -0.2) is 0 Å². The normalized spacial score (nSPS) is 35.0. The summed E-state index contributed by atoms with van der Waals surface area (Å²) in [4.78, 5) is 51.9. The zero-order valence-electron chi connectivity index (χ0n) is 14.5. The number of carbonyl (C=O) groups is 4. The third kappa shape index (κ3) is 3.37. The number of hydrogen-bond donors (Lipinski definition) is 4. The molecule has 0 aromatic heterocycles. The summed E-state index contributed by atoms with van der Waals surface area (Å²) >= 11 is 4.47. The first-order valence-electron chi connectivity index (χ1n) is 7.53. The molecule has 0 spiro atoms. The number of thiocarbonyl (C=S) groups is 1. The molecule has 0 aromatic carbocycles. The van der Waals surface area contributed by atoms with Crippen molar-refractivity contribution in [2.45, 2.75) is 63.4 Å². The molecule has 1 heterocycles. The van der Waals surface area contributed by atoms with Crippen molar-refractivity contribution < 1.29 is 39.2 Å². The van der Waals surface area contributed by atoms with Crippen LogP contribution in [-0.2, 0) is 23.9 Å². The number of isothiocyanates is 1. The molecule has 1 fully saturated rings. The Hall–Kier alpha value is -1.88. The van der Waals surface area contributed by atoms with E-state index < -0.39 is 58.9 Å². The SMILES string of the molecule is CC(=O)N[C@@H]1[C@H](N=C=S)O[C@H](C(=O)C(C)O)[C@](O)(C(C)=O)[C@@]1(O)C(C)=O. The number of amides is 1. The van der Waals surface area contributed by atoms with E-state index in [9.17, 15) is 34.5 Å².